The summed E-state index contributed by atoms with van der Waals surface area (Å²) in [7, 11) is 0. The van der Waals surface area contributed by atoms with Crippen molar-refractivity contribution in [2.75, 3.05) is 32.7 Å². The van der Waals surface area contributed by atoms with Crippen molar-refractivity contribution in [3.8, 4) is 0 Å². The molecule has 1 aliphatic rings. The number of para-hydroxylation sites is 2. The number of hydrogen-bond donors (Lipinski definition) is 2. The van der Waals surface area contributed by atoms with E-state index >= 15 is 0 Å². The van der Waals surface area contributed by atoms with Crippen LogP contribution in [0.1, 0.15) is 0 Å². The molecule has 5 nitrogen and oxygen atoms in total. The molecule has 0 spiro atoms. The number of rotatable bonds is 5. The number of carbonyl (C=O) groups is 1. The number of aliphatic hydroxyl groups excluding tert-OH is 1. The monoisotopic (exact) mass is 338 g/mol. The molecule has 25 heavy (non-hydrogen) atoms. The second-order valence-electron chi connectivity index (χ2n) is 6.89. The predicted molar refractivity (Wildman–Crippen MR) is 98.7 cm³/mol. The van der Waals surface area contributed by atoms with Crippen LogP contribution < -0.4 is 4.90 Å². The van der Waals surface area contributed by atoms with Crippen LogP contribution in [0.3, 0.4) is 0 Å². The van der Waals surface area contributed by atoms with Crippen molar-refractivity contribution in [3.05, 3.63) is 48.5 Å². The number of amides is 1. The van der Waals surface area contributed by atoms with E-state index in [1.54, 1.807) is 0 Å². The van der Waals surface area contributed by atoms with Crippen molar-refractivity contribution in [1.82, 2.24) is 9.47 Å². The van der Waals surface area contributed by atoms with E-state index in [9.17, 15) is 9.90 Å². The highest BCUT2D eigenvalue weighted by molar-refractivity contribution is 6.07. The third-order valence-corrected chi connectivity index (χ3v) is 5.25. The van der Waals surface area contributed by atoms with Crippen LogP contribution in [0.2, 0.25) is 0 Å². The Morgan fingerprint density at radius 3 is 2.12 bits per heavy atom. The molecule has 1 saturated heterocycles. The quantitative estimate of drug-likeness (QED) is 0.666. The molecular formula is C20H24N3O2+. The number of hydrogen-bond acceptors (Lipinski definition) is 2. The molecule has 0 unspecified atom stereocenters. The molecule has 5 heteroatoms. The van der Waals surface area contributed by atoms with Crippen molar-refractivity contribution in [2.24, 2.45) is 0 Å². The van der Waals surface area contributed by atoms with Crippen LogP contribution in [0.4, 0.5) is 0 Å². The number of benzene rings is 2. The molecular weight excluding hydrogens is 314 g/mol. The van der Waals surface area contributed by atoms with E-state index in [4.69, 9.17) is 0 Å². The Morgan fingerprint density at radius 1 is 1.00 bits per heavy atom. The van der Waals surface area contributed by atoms with Crippen LogP contribution in [0.15, 0.2) is 48.5 Å². The van der Waals surface area contributed by atoms with Gasteiger partial charge in [-0.1, -0.05) is 36.4 Å². The predicted octanol–water partition coefficient (Wildman–Crippen LogP) is 0.512. The average molecular weight is 338 g/mol. The van der Waals surface area contributed by atoms with Crippen molar-refractivity contribution in [2.45, 2.75) is 12.6 Å². The molecule has 3 aromatic rings. The van der Waals surface area contributed by atoms with Gasteiger partial charge in [-0.25, -0.2) is 0 Å². The minimum atomic E-state index is -0.406. The second kappa shape index (κ2) is 6.86. The first kappa shape index (κ1) is 16.1. The molecule has 130 valence electrons. The minimum Gasteiger partial charge on any atom is -0.385 e. The van der Waals surface area contributed by atoms with Gasteiger partial charge in [0.1, 0.15) is 12.6 Å². The van der Waals surface area contributed by atoms with E-state index < -0.39 is 6.10 Å². The summed E-state index contributed by atoms with van der Waals surface area (Å²) in [5.74, 6) is 0. The maximum Gasteiger partial charge on any atom is 0.210 e. The van der Waals surface area contributed by atoms with Crippen molar-refractivity contribution in [3.63, 3.8) is 0 Å². The van der Waals surface area contributed by atoms with E-state index in [0.29, 0.717) is 13.1 Å². The Hall–Kier alpha value is -2.37. The number of fused-ring (bicyclic) bond motifs is 3. The average Bonchev–Trinajstić information content (AvgIpc) is 2.97. The van der Waals surface area contributed by atoms with E-state index in [1.807, 2.05) is 17.0 Å². The number of quaternary nitrogens is 1. The molecule has 1 atom stereocenters. The molecule has 0 saturated carbocycles. The number of aliphatic hydroxyl groups is 1. The maximum absolute atomic E-state index is 10.8. The zero-order chi connectivity index (χ0) is 17.2. The van der Waals surface area contributed by atoms with Crippen molar-refractivity contribution >= 4 is 28.2 Å². The van der Waals surface area contributed by atoms with Gasteiger partial charge in [-0.15, -0.1) is 0 Å². The highest BCUT2D eigenvalue weighted by Crippen LogP contribution is 2.28. The molecule has 1 amide bonds. The van der Waals surface area contributed by atoms with Crippen molar-refractivity contribution in [1.29, 1.82) is 0 Å². The standard InChI is InChI=1S/C20H23N3O2/c24-15-22-11-9-21(10-12-22)13-16(25)14-23-19-7-3-1-5-17(19)18-6-2-4-8-20(18)23/h1-8,15-16,25H,9-14H2/p+1/t16-/m1/s1. The van der Waals surface area contributed by atoms with Gasteiger partial charge in [0.2, 0.25) is 6.41 Å². The summed E-state index contributed by atoms with van der Waals surface area (Å²) in [6.45, 7) is 4.68. The molecule has 0 radical (unpaired) electrons. The normalized spacial score (nSPS) is 17.2. The lowest BCUT2D eigenvalue weighted by Crippen LogP contribution is -3.15. The first-order chi connectivity index (χ1) is 12.3. The van der Waals surface area contributed by atoms with Gasteiger partial charge in [0.05, 0.1) is 32.7 Å². The number of piperazine rings is 1. The van der Waals surface area contributed by atoms with Gasteiger partial charge < -0.3 is 19.5 Å². The molecule has 0 aliphatic carbocycles. The van der Waals surface area contributed by atoms with Crippen LogP contribution in [-0.2, 0) is 11.3 Å². The fourth-order valence-corrected chi connectivity index (χ4v) is 3.96. The summed E-state index contributed by atoms with van der Waals surface area (Å²) >= 11 is 0. The van der Waals surface area contributed by atoms with Crippen LogP contribution in [0, 0.1) is 0 Å². The number of aromatic nitrogens is 1. The molecule has 1 fully saturated rings. The highest BCUT2D eigenvalue weighted by Gasteiger charge is 2.22. The number of carbonyl (C=O) groups excluding carboxylic acids is 1. The SMILES string of the molecule is O=CN1CC[NH+](C[C@@H](O)Cn2c3ccccc3c3ccccc32)CC1. The summed E-state index contributed by atoms with van der Waals surface area (Å²) in [6.07, 6.45) is 0.516. The number of nitrogens with one attached hydrogen (secondary N) is 1. The largest absolute Gasteiger partial charge is 0.385 e. The van der Waals surface area contributed by atoms with E-state index in [1.165, 1.54) is 26.7 Å². The van der Waals surface area contributed by atoms with E-state index in [2.05, 4.69) is 41.0 Å². The van der Waals surface area contributed by atoms with Gasteiger partial charge in [-0.3, -0.25) is 4.79 Å². The molecule has 2 N–H and O–H groups in total. The first-order valence-corrected chi connectivity index (χ1v) is 8.93. The molecule has 0 bridgehead atoms. The summed E-state index contributed by atoms with van der Waals surface area (Å²) in [5.41, 5.74) is 2.34. The summed E-state index contributed by atoms with van der Waals surface area (Å²) in [6, 6.07) is 16.8. The Balaban J connectivity index is 1.54. The molecule has 4 rings (SSSR count). The van der Waals surface area contributed by atoms with Gasteiger partial charge in [0.25, 0.3) is 0 Å². The smallest absolute Gasteiger partial charge is 0.210 e. The van der Waals surface area contributed by atoms with Gasteiger partial charge in [-0.05, 0) is 12.1 Å². The Bertz CT molecular complexity index is 828. The second-order valence-corrected chi connectivity index (χ2v) is 6.89. The first-order valence-electron chi connectivity index (χ1n) is 8.93. The van der Waals surface area contributed by atoms with Gasteiger partial charge >= 0.3 is 0 Å². The summed E-state index contributed by atoms with van der Waals surface area (Å²) in [5, 5.41) is 13.2. The third kappa shape index (κ3) is 3.13. The topological polar surface area (TPSA) is 49.9 Å². The molecule has 2 heterocycles. The van der Waals surface area contributed by atoms with E-state index in [-0.39, 0.29) is 0 Å². The van der Waals surface area contributed by atoms with E-state index in [0.717, 1.165) is 32.6 Å². The fourth-order valence-electron chi connectivity index (χ4n) is 3.96. The number of nitrogens with zero attached hydrogens (tertiary/aromatic N) is 2. The lowest BCUT2D eigenvalue weighted by molar-refractivity contribution is -0.907. The fraction of sp³-hybridized carbons (Fsp3) is 0.350. The van der Waals surface area contributed by atoms with Crippen molar-refractivity contribution < 1.29 is 14.8 Å². The van der Waals surface area contributed by atoms with Crippen LogP contribution in [0.5, 0.6) is 0 Å². The minimum absolute atomic E-state index is 0.406. The third-order valence-electron chi connectivity index (χ3n) is 5.25. The van der Waals surface area contributed by atoms with Crippen LogP contribution in [0.25, 0.3) is 21.8 Å². The molecule has 1 aliphatic heterocycles. The zero-order valence-electron chi connectivity index (χ0n) is 14.3. The van der Waals surface area contributed by atoms with Gasteiger partial charge in [0, 0.05) is 21.8 Å². The highest BCUT2D eigenvalue weighted by atomic mass is 16.3. The Kier molecular flexibility index (Phi) is 4.42. The summed E-state index contributed by atoms with van der Waals surface area (Å²) in [4.78, 5) is 14.0. The Morgan fingerprint density at radius 2 is 1.56 bits per heavy atom. The lowest BCUT2D eigenvalue weighted by Gasteiger charge is -2.31. The lowest BCUT2D eigenvalue weighted by atomic mass is 10.2. The van der Waals surface area contributed by atoms with Crippen LogP contribution in [-0.4, -0.2) is 59.8 Å². The van der Waals surface area contributed by atoms with Gasteiger partial charge in [0.15, 0.2) is 0 Å². The van der Waals surface area contributed by atoms with Crippen LogP contribution >= 0.6 is 0 Å². The van der Waals surface area contributed by atoms with Gasteiger partial charge in [-0.2, -0.15) is 0 Å². The maximum atomic E-state index is 10.8. The zero-order valence-corrected chi connectivity index (χ0v) is 14.3. The molecule has 2 aromatic carbocycles. The Labute approximate surface area is 147 Å². The molecule has 1 aromatic heterocycles. The summed E-state index contributed by atoms with van der Waals surface area (Å²) < 4.78 is 2.23.